The molecule has 0 unspecified atom stereocenters. The van der Waals surface area contributed by atoms with Crippen molar-refractivity contribution < 1.29 is 23.5 Å². The van der Waals surface area contributed by atoms with Crippen molar-refractivity contribution in [2.45, 2.75) is 18.3 Å². The average molecular weight is 400 g/mol. The number of methoxy groups -OCH3 is 4. The highest BCUT2D eigenvalue weighted by molar-refractivity contribution is 5.85. The molecule has 3 rings (SSSR count). The molecule has 0 spiro atoms. The van der Waals surface area contributed by atoms with E-state index in [2.05, 4.69) is 15.5 Å². The summed E-state index contributed by atoms with van der Waals surface area (Å²) in [4.78, 5) is 4.66. The number of hydrogen-bond acceptors (Lipinski definition) is 8. The molecule has 150 valence electrons. The van der Waals surface area contributed by atoms with E-state index in [1.54, 1.807) is 40.6 Å². The first-order chi connectivity index (χ1) is 12.7. The van der Waals surface area contributed by atoms with Crippen LogP contribution in [0.1, 0.15) is 18.7 Å². The monoisotopic (exact) mass is 399 g/mol. The largest absolute Gasteiger partial charge is 0.493 e. The van der Waals surface area contributed by atoms with Gasteiger partial charge in [0.05, 0.1) is 33.4 Å². The average Bonchev–Trinajstić information content (AvgIpc) is 3.18. The van der Waals surface area contributed by atoms with Crippen molar-refractivity contribution in [2.75, 3.05) is 48.1 Å². The van der Waals surface area contributed by atoms with Crippen LogP contribution in [-0.4, -0.2) is 58.3 Å². The number of hydrogen-bond donors (Lipinski definition) is 1. The van der Waals surface area contributed by atoms with E-state index in [0.29, 0.717) is 35.6 Å². The van der Waals surface area contributed by atoms with Gasteiger partial charge in [-0.3, -0.25) is 0 Å². The number of nitrogens with zero attached hydrogens (tertiary/aromatic N) is 2. The molecule has 1 aliphatic rings. The summed E-state index contributed by atoms with van der Waals surface area (Å²) in [6, 6.07) is 3.61. The van der Waals surface area contributed by atoms with Crippen molar-refractivity contribution in [2.24, 2.45) is 0 Å². The molecule has 1 aromatic carbocycles. The van der Waals surface area contributed by atoms with E-state index in [-0.39, 0.29) is 17.8 Å². The summed E-state index contributed by atoms with van der Waals surface area (Å²) in [7, 11) is 6.41. The lowest BCUT2D eigenvalue weighted by Crippen LogP contribution is -2.43. The van der Waals surface area contributed by atoms with Gasteiger partial charge in [0.25, 0.3) is 0 Å². The van der Waals surface area contributed by atoms with Gasteiger partial charge in [-0.15, -0.1) is 12.4 Å². The zero-order chi connectivity index (χ0) is 18.6. The number of rotatable bonds is 7. The smallest absolute Gasteiger partial charge is 0.235 e. The van der Waals surface area contributed by atoms with Crippen molar-refractivity contribution in [1.29, 1.82) is 0 Å². The Kier molecular flexibility index (Phi) is 7.29. The van der Waals surface area contributed by atoms with Crippen molar-refractivity contribution >= 4 is 12.4 Å². The quantitative estimate of drug-likeness (QED) is 0.759. The molecule has 1 N–H and O–H groups in total. The van der Waals surface area contributed by atoms with E-state index >= 15 is 0 Å². The zero-order valence-electron chi connectivity index (χ0n) is 16.0. The molecule has 2 aromatic rings. The number of ether oxygens (including phenoxy) is 4. The van der Waals surface area contributed by atoms with Crippen LogP contribution in [0.3, 0.4) is 0 Å². The van der Waals surface area contributed by atoms with Gasteiger partial charge in [0, 0.05) is 12.7 Å². The van der Waals surface area contributed by atoms with Crippen LogP contribution < -0.4 is 19.5 Å². The maximum absolute atomic E-state index is 5.64. The Labute approximate surface area is 164 Å². The lowest BCUT2D eigenvalue weighted by Gasteiger charge is -2.33. The lowest BCUT2D eigenvalue weighted by molar-refractivity contribution is 0.0850. The van der Waals surface area contributed by atoms with Crippen LogP contribution in [0.2, 0.25) is 0 Å². The first kappa shape index (κ1) is 21.3. The number of benzene rings is 1. The summed E-state index contributed by atoms with van der Waals surface area (Å²) in [6.45, 7) is 2.34. The molecule has 0 amide bonds. The number of piperidine rings is 1. The van der Waals surface area contributed by atoms with Crippen LogP contribution in [0.5, 0.6) is 17.2 Å². The molecule has 27 heavy (non-hydrogen) atoms. The van der Waals surface area contributed by atoms with E-state index in [0.717, 1.165) is 31.5 Å². The molecule has 9 heteroatoms. The molecule has 0 radical (unpaired) electrons. The standard InChI is InChI=1S/C18H25N3O5.ClH/c1-22-11-18(5-7-19-8-6-18)17-20-16(21-26-17)12-9-13(23-2)15(25-4)14(10-12)24-3;/h9-10,19H,5-8,11H2,1-4H3;1H. The molecule has 1 saturated heterocycles. The molecular weight excluding hydrogens is 374 g/mol. The van der Waals surface area contributed by atoms with Gasteiger partial charge in [-0.2, -0.15) is 4.98 Å². The Bertz CT molecular complexity index is 716. The minimum absolute atomic E-state index is 0. The molecule has 2 heterocycles. The van der Waals surface area contributed by atoms with E-state index in [4.69, 9.17) is 23.5 Å². The topological polar surface area (TPSA) is 87.9 Å². The SMILES string of the molecule is COCC1(c2nc(-c3cc(OC)c(OC)c(OC)c3)no2)CCNCC1.Cl. The molecule has 0 aliphatic carbocycles. The highest BCUT2D eigenvalue weighted by Gasteiger charge is 2.39. The molecule has 1 fully saturated rings. The van der Waals surface area contributed by atoms with E-state index in [9.17, 15) is 0 Å². The van der Waals surface area contributed by atoms with E-state index < -0.39 is 0 Å². The summed E-state index contributed by atoms with van der Waals surface area (Å²) in [5.41, 5.74) is 0.474. The first-order valence-electron chi connectivity index (χ1n) is 8.51. The highest BCUT2D eigenvalue weighted by atomic mass is 35.5. The molecule has 0 saturated carbocycles. The Morgan fingerprint density at radius 1 is 1.04 bits per heavy atom. The van der Waals surface area contributed by atoms with Gasteiger partial charge in [0.2, 0.25) is 17.5 Å². The second-order valence-electron chi connectivity index (χ2n) is 6.30. The van der Waals surface area contributed by atoms with Gasteiger partial charge in [-0.05, 0) is 38.1 Å². The predicted molar refractivity (Wildman–Crippen MR) is 102 cm³/mol. The predicted octanol–water partition coefficient (Wildman–Crippen LogP) is 2.45. The number of nitrogens with one attached hydrogen (secondary N) is 1. The fraction of sp³-hybridized carbons (Fsp3) is 0.556. The number of halogens is 1. The van der Waals surface area contributed by atoms with E-state index in [1.807, 2.05) is 0 Å². The Morgan fingerprint density at radius 2 is 1.67 bits per heavy atom. The lowest BCUT2D eigenvalue weighted by atomic mass is 9.79. The first-order valence-corrected chi connectivity index (χ1v) is 8.51. The molecular formula is C18H26ClN3O5. The van der Waals surface area contributed by atoms with Gasteiger partial charge < -0.3 is 28.8 Å². The second kappa shape index (κ2) is 9.25. The van der Waals surface area contributed by atoms with Crippen LogP contribution in [0, 0.1) is 0 Å². The molecule has 1 aromatic heterocycles. The third-order valence-corrected chi connectivity index (χ3v) is 4.78. The Hall–Kier alpha value is -2.03. The Balaban J connectivity index is 0.00000261. The zero-order valence-corrected chi connectivity index (χ0v) is 16.9. The third kappa shape index (κ3) is 4.12. The summed E-state index contributed by atoms with van der Waals surface area (Å²) in [5.74, 6) is 2.69. The second-order valence-corrected chi connectivity index (χ2v) is 6.30. The Morgan fingerprint density at radius 3 is 2.19 bits per heavy atom. The fourth-order valence-electron chi connectivity index (χ4n) is 3.37. The van der Waals surface area contributed by atoms with Crippen molar-refractivity contribution in [3.05, 3.63) is 18.0 Å². The normalized spacial score (nSPS) is 15.7. The number of aromatic nitrogens is 2. The minimum Gasteiger partial charge on any atom is -0.493 e. The van der Waals surface area contributed by atoms with Gasteiger partial charge in [-0.25, -0.2) is 0 Å². The molecule has 8 nitrogen and oxygen atoms in total. The summed E-state index contributed by atoms with van der Waals surface area (Å²) in [6.07, 6.45) is 1.77. The molecule has 1 aliphatic heterocycles. The summed E-state index contributed by atoms with van der Waals surface area (Å²) in [5, 5.41) is 7.54. The van der Waals surface area contributed by atoms with Crippen molar-refractivity contribution in [3.8, 4) is 28.6 Å². The van der Waals surface area contributed by atoms with Gasteiger partial charge in [-0.1, -0.05) is 5.16 Å². The van der Waals surface area contributed by atoms with Crippen molar-refractivity contribution in [3.63, 3.8) is 0 Å². The van der Waals surface area contributed by atoms with Gasteiger partial charge in [0.1, 0.15) is 0 Å². The van der Waals surface area contributed by atoms with Gasteiger partial charge in [0.15, 0.2) is 11.5 Å². The van der Waals surface area contributed by atoms with Crippen LogP contribution >= 0.6 is 12.4 Å². The maximum Gasteiger partial charge on any atom is 0.235 e. The molecule has 0 bridgehead atoms. The highest BCUT2D eigenvalue weighted by Crippen LogP contribution is 2.41. The van der Waals surface area contributed by atoms with Crippen LogP contribution in [-0.2, 0) is 10.2 Å². The van der Waals surface area contributed by atoms with Crippen molar-refractivity contribution in [1.82, 2.24) is 15.5 Å². The molecule has 0 atom stereocenters. The van der Waals surface area contributed by atoms with Crippen LogP contribution in [0.25, 0.3) is 11.4 Å². The minimum atomic E-state index is -0.258. The van der Waals surface area contributed by atoms with Crippen LogP contribution in [0.4, 0.5) is 0 Å². The fourth-order valence-corrected chi connectivity index (χ4v) is 3.37. The van der Waals surface area contributed by atoms with Gasteiger partial charge >= 0.3 is 0 Å². The van der Waals surface area contributed by atoms with E-state index in [1.165, 1.54) is 0 Å². The maximum atomic E-state index is 5.64. The van der Waals surface area contributed by atoms with Crippen LogP contribution in [0.15, 0.2) is 16.7 Å². The summed E-state index contributed by atoms with van der Waals surface area (Å²) >= 11 is 0. The third-order valence-electron chi connectivity index (χ3n) is 4.78. The summed E-state index contributed by atoms with van der Waals surface area (Å²) < 4.78 is 27.2.